The summed E-state index contributed by atoms with van der Waals surface area (Å²) in [5.41, 5.74) is 1.06. The van der Waals surface area contributed by atoms with Crippen LogP contribution in [0.5, 0.6) is 0 Å². The first-order valence-electron chi connectivity index (χ1n) is 7.63. The number of aliphatic hydroxyl groups is 1. The Kier molecular flexibility index (Phi) is 5.41. The van der Waals surface area contributed by atoms with Crippen molar-refractivity contribution in [1.29, 1.82) is 0 Å². The monoisotopic (exact) mass is 311 g/mol. The average Bonchev–Trinajstić information content (AvgIpc) is 2.46. The molecule has 4 nitrogen and oxygen atoms in total. The number of sulfone groups is 1. The molecule has 2 rings (SSSR count). The number of benzene rings is 1. The predicted molar refractivity (Wildman–Crippen MR) is 84.1 cm³/mol. The maximum absolute atomic E-state index is 12.9. The highest BCUT2D eigenvalue weighted by molar-refractivity contribution is 7.92. The molecule has 0 aromatic heterocycles. The van der Waals surface area contributed by atoms with Crippen LogP contribution in [0.15, 0.2) is 29.2 Å². The topological polar surface area (TPSA) is 66.4 Å². The fourth-order valence-corrected chi connectivity index (χ4v) is 4.93. The number of hydrogen-bond acceptors (Lipinski definition) is 4. The minimum absolute atomic E-state index is 0.0698. The van der Waals surface area contributed by atoms with Gasteiger partial charge in [-0.05, 0) is 38.8 Å². The van der Waals surface area contributed by atoms with Crippen LogP contribution in [0.3, 0.4) is 0 Å². The van der Waals surface area contributed by atoms with E-state index in [2.05, 4.69) is 5.32 Å². The summed E-state index contributed by atoms with van der Waals surface area (Å²) in [5, 5.41) is 12.2. The smallest absolute Gasteiger partial charge is 0.182 e. The molecule has 0 bridgehead atoms. The molecule has 2 N–H and O–H groups in total. The summed E-state index contributed by atoms with van der Waals surface area (Å²) in [7, 11) is -3.32. The van der Waals surface area contributed by atoms with Gasteiger partial charge in [0.1, 0.15) is 0 Å². The highest BCUT2D eigenvalue weighted by Crippen LogP contribution is 2.29. The summed E-state index contributed by atoms with van der Waals surface area (Å²) in [5.74, 6) is 0. The Morgan fingerprint density at radius 3 is 2.48 bits per heavy atom. The number of aryl methyl sites for hydroxylation is 1. The lowest BCUT2D eigenvalue weighted by Gasteiger charge is -2.32. The molecule has 1 aliphatic carbocycles. The molecule has 1 aromatic rings. The van der Waals surface area contributed by atoms with E-state index in [0.29, 0.717) is 17.9 Å². The molecule has 1 fully saturated rings. The largest absolute Gasteiger partial charge is 0.392 e. The van der Waals surface area contributed by atoms with Gasteiger partial charge in [0.05, 0.1) is 16.2 Å². The summed E-state index contributed by atoms with van der Waals surface area (Å²) >= 11 is 0. The molecule has 0 unspecified atom stereocenters. The third-order valence-electron chi connectivity index (χ3n) is 4.13. The molecule has 1 saturated carbocycles. The molecule has 0 heterocycles. The first kappa shape index (κ1) is 16.5. The number of aliphatic hydroxyl groups excluding tert-OH is 1. The molecule has 3 atom stereocenters. The first-order chi connectivity index (χ1) is 9.91. The van der Waals surface area contributed by atoms with E-state index in [1.807, 2.05) is 19.1 Å². The quantitative estimate of drug-likeness (QED) is 0.873. The second-order valence-corrected chi connectivity index (χ2v) is 8.21. The van der Waals surface area contributed by atoms with E-state index < -0.39 is 21.2 Å². The lowest BCUT2D eigenvalue weighted by molar-refractivity contribution is 0.181. The van der Waals surface area contributed by atoms with Crippen LogP contribution in [0.25, 0.3) is 0 Å². The lowest BCUT2D eigenvalue weighted by Crippen LogP contribution is -2.48. The van der Waals surface area contributed by atoms with Crippen molar-refractivity contribution in [3.8, 4) is 0 Å². The molecular formula is C16H25NO3S. The van der Waals surface area contributed by atoms with E-state index in [1.165, 1.54) is 0 Å². The van der Waals surface area contributed by atoms with Gasteiger partial charge in [-0.3, -0.25) is 0 Å². The summed E-state index contributed by atoms with van der Waals surface area (Å²) in [6.45, 7) is 4.09. The molecule has 21 heavy (non-hydrogen) atoms. The van der Waals surface area contributed by atoms with Crippen molar-refractivity contribution >= 4 is 9.84 Å². The fourth-order valence-electron chi connectivity index (χ4n) is 2.93. The van der Waals surface area contributed by atoms with Crippen LogP contribution in [0, 0.1) is 6.92 Å². The summed E-state index contributed by atoms with van der Waals surface area (Å²) < 4.78 is 25.7. The normalized spacial score (nSPS) is 24.7. The van der Waals surface area contributed by atoms with Gasteiger partial charge in [-0.2, -0.15) is 0 Å². The number of rotatable bonds is 5. The molecule has 1 aliphatic rings. The van der Waals surface area contributed by atoms with Crippen LogP contribution in [-0.4, -0.2) is 37.5 Å². The molecular weight excluding hydrogens is 286 g/mol. The summed E-state index contributed by atoms with van der Waals surface area (Å²) in [6, 6.07) is 7.01. The summed E-state index contributed by atoms with van der Waals surface area (Å²) in [4.78, 5) is 0.406. The third kappa shape index (κ3) is 4.05. The zero-order valence-electron chi connectivity index (χ0n) is 12.7. The Labute approximate surface area is 127 Å². The van der Waals surface area contributed by atoms with Gasteiger partial charge in [0.15, 0.2) is 9.84 Å². The van der Waals surface area contributed by atoms with Gasteiger partial charge in [-0.1, -0.05) is 30.5 Å². The third-order valence-corrected chi connectivity index (χ3v) is 6.42. The predicted octanol–water partition coefficient (Wildman–Crippen LogP) is 2.05. The Hall–Kier alpha value is -0.910. The van der Waals surface area contributed by atoms with E-state index in [0.717, 1.165) is 24.8 Å². The summed E-state index contributed by atoms with van der Waals surface area (Å²) in [6.07, 6.45) is 3.06. The van der Waals surface area contributed by atoms with Gasteiger partial charge >= 0.3 is 0 Å². The lowest BCUT2D eigenvalue weighted by atomic mass is 9.95. The number of hydrogen-bond donors (Lipinski definition) is 2. The zero-order chi connectivity index (χ0) is 15.5. The van der Waals surface area contributed by atoms with E-state index in [1.54, 1.807) is 19.1 Å². The second-order valence-electron chi connectivity index (χ2n) is 6.04. The molecule has 0 spiro atoms. The maximum Gasteiger partial charge on any atom is 0.182 e. The van der Waals surface area contributed by atoms with E-state index in [4.69, 9.17) is 0 Å². The van der Waals surface area contributed by atoms with Gasteiger partial charge in [0.25, 0.3) is 0 Å². The van der Waals surface area contributed by atoms with Crippen molar-refractivity contribution in [3.63, 3.8) is 0 Å². The van der Waals surface area contributed by atoms with Gasteiger partial charge in [-0.25, -0.2) is 8.42 Å². The first-order valence-corrected chi connectivity index (χ1v) is 9.18. The van der Waals surface area contributed by atoms with Crippen molar-refractivity contribution < 1.29 is 13.5 Å². The van der Waals surface area contributed by atoms with Crippen LogP contribution < -0.4 is 5.32 Å². The molecule has 0 saturated heterocycles. The SMILES string of the molecule is Cc1ccc(S(=O)(=O)[C@H]2CCCC[C@@H]2NC[C@@H](C)O)cc1. The Morgan fingerprint density at radius 2 is 1.86 bits per heavy atom. The van der Waals surface area contributed by atoms with Crippen molar-refractivity contribution in [2.75, 3.05) is 6.54 Å². The van der Waals surface area contributed by atoms with Crippen LogP contribution in [0.1, 0.15) is 38.2 Å². The van der Waals surface area contributed by atoms with Crippen LogP contribution in [-0.2, 0) is 9.84 Å². The zero-order valence-corrected chi connectivity index (χ0v) is 13.6. The van der Waals surface area contributed by atoms with Crippen LogP contribution in [0.4, 0.5) is 0 Å². The van der Waals surface area contributed by atoms with E-state index in [9.17, 15) is 13.5 Å². The maximum atomic E-state index is 12.9. The Bertz CT molecular complexity index is 551. The van der Waals surface area contributed by atoms with Crippen LogP contribution >= 0.6 is 0 Å². The van der Waals surface area contributed by atoms with Gasteiger partial charge in [-0.15, -0.1) is 0 Å². The fraction of sp³-hybridized carbons (Fsp3) is 0.625. The highest BCUT2D eigenvalue weighted by Gasteiger charge is 2.36. The molecule has 0 amide bonds. The minimum Gasteiger partial charge on any atom is -0.392 e. The Morgan fingerprint density at radius 1 is 1.24 bits per heavy atom. The van der Waals surface area contributed by atoms with Crippen molar-refractivity contribution in [1.82, 2.24) is 5.32 Å². The van der Waals surface area contributed by atoms with Gasteiger partial charge in [0, 0.05) is 12.6 Å². The van der Waals surface area contributed by atoms with E-state index in [-0.39, 0.29) is 6.04 Å². The van der Waals surface area contributed by atoms with Gasteiger partial charge < -0.3 is 10.4 Å². The molecule has 0 radical (unpaired) electrons. The number of nitrogens with one attached hydrogen (secondary N) is 1. The average molecular weight is 311 g/mol. The molecule has 5 heteroatoms. The molecule has 1 aromatic carbocycles. The van der Waals surface area contributed by atoms with Crippen molar-refractivity contribution in [3.05, 3.63) is 29.8 Å². The van der Waals surface area contributed by atoms with E-state index >= 15 is 0 Å². The standard InChI is InChI=1S/C16H25NO3S/c1-12-7-9-14(10-8-12)21(19,20)16-6-4-3-5-15(16)17-11-13(2)18/h7-10,13,15-18H,3-6,11H2,1-2H3/t13-,15+,16+/m1/s1. The second kappa shape index (κ2) is 6.90. The van der Waals surface area contributed by atoms with Crippen molar-refractivity contribution in [2.24, 2.45) is 0 Å². The Balaban J connectivity index is 2.20. The highest BCUT2D eigenvalue weighted by atomic mass is 32.2. The molecule has 118 valence electrons. The van der Waals surface area contributed by atoms with Gasteiger partial charge in [0.2, 0.25) is 0 Å². The molecule has 0 aliphatic heterocycles. The van der Waals surface area contributed by atoms with Crippen LogP contribution in [0.2, 0.25) is 0 Å². The van der Waals surface area contributed by atoms with Crippen molar-refractivity contribution in [2.45, 2.75) is 61.8 Å². The minimum atomic E-state index is -3.32.